The van der Waals surface area contributed by atoms with Crippen LogP contribution in [-0.4, -0.2) is 59.6 Å². The molecule has 3 aromatic rings. The summed E-state index contributed by atoms with van der Waals surface area (Å²) < 4.78 is 32.2. The van der Waals surface area contributed by atoms with Crippen LogP contribution in [0.4, 0.5) is 11.4 Å². The van der Waals surface area contributed by atoms with E-state index in [1.54, 1.807) is 43.5 Å². The first-order valence-electron chi connectivity index (χ1n) is 10.8. The molecule has 0 aliphatic carbocycles. The third-order valence-electron chi connectivity index (χ3n) is 5.95. The van der Waals surface area contributed by atoms with Gasteiger partial charge in [0.25, 0.3) is 15.9 Å². The first-order chi connectivity index (χ1) is 16.3. The van der Waals surface area contributed by atoms with Gasteiger partial charge in [-0.3, -0.25) is 9.10 Å². The van der Waals surface area contributed by atoms with Gasteiger partial charge in [0.2, 0.25) is 0 Å². The van der Waals surface area contributed by atoms with Gasteiger partial charge in [0.1, 0.15) is 5.75 Å². The molecule has 178 valence electrons. The molecule has 0 atom stereocenters. The van der Waals surface area contributed by atoms with Gasteiger partial charge in [-0.05, 0) is 72.8 Å². The minimum absolute atomic E-state index is 0.0656. The Labute approximate surface area is 205 Å². The first-order valence-corrected chi connectivity index (χ1v) is 12.6. The van der Waals surface area contributed by atoms with Crippen LogP contribution in [0.3, 0.4) is 0 Å². The molecule has 4 rings (SSSR count). The zero-order valence-corrected chi connectivity index (χ0v) is 20.6. The van der Waals surface area contributed by atoms with E-state index in [0.29, 0.717) is 29.4 Å². The van der Waals surface area contributed by atoms with Crippen molar-refractivity contribution in [3.05, 3.63) is 83.4 Å². The molecular formula is C25H26ClN3O4S. The number of halogens is 1. The van der Waals surface area contributed by atoms with Gasteiger partial charge in [0.05, 0.1) is 17.7 Å². The maximum Gasteiger partial charge on any atom is 0.264 e. The number of anilines is 2. The number of piperazine rings is 1. The number of rotatable bonds is 6. The first kappa shape index (κ1) is 23.9. The lowest BCUT2D eigenvalue weighted by Crippen LogP contribution is -2.48. The van der Waals surface area contributed by atoms with E-state index in [2.05, 4.69) is 4.90 Å². The Morgan fingerprint density at radius 2 is 1.47 bits per heavy atom. The number of amides is 1. The van der Waals surface area contributed by atoms with Gasteiger partial charge < -0.3 is 14.5 Å². The average Bonchev–Trinajstić information content (AvgIpc) is 2.88. The van der Waals surface area contributed by atoms with Crippen LogP contribution in [0, 0.1) is 0 Å². The molecule has 0 saturated carbocycles. The van der Waals surface area contributed by atoms with Crippen LogP contribution in [0.15, 0.2) is 77.7 Å². The van der Waals surface area contributed by atoms with Crippen molar-refractivity contribution in [1.82, 2.24) is 4.90 Å². The van der Waals surface area contributed by atoms with Crippen molar-refractivity contribution >= 4 is 38.9 Å². The molecule has 1 saturated heterocycles. The Balaban J connectivity index is 1.39. The van der Waals surface area contributed by atoms with Crippen molar-refractivity contribution in [2.75, 3.05) is 49.5 Å². The summed E-state index contributed by atoms with van der Waals surface area (Å²) in [6.07, 6.45) is 0. The van der Waals surface area contributed by atoms with Gasteiger partial charge >= 0.3 is 0 Å². The molecule has 1 fully saturated rings. The molecule has 0 unspecified atom stereocenters. The van der Waals surface area contributed by atoms with E-state index >= 15 is 0 Å². The fraction of sp³-hybridized carbons (Fsp3) is 0.240. The summed E-state index contributed by atoms with van der Waals surface area (Å²) in [6.45, 7) is 2.69. The lowest BCUT2D eigenvalue weighted by Gasteiger charge is -2.36. The van der Waals surface area contributed by atoms with Gasteiger partial charge in [0, 0.05) is 49.5 Å². The van der Waals surface area contributed by atoms with E-state index in [1.807, 2.05) is 29.2 Å². The Bertz CT molecular complexity index is 1240. The van der Waals surface area contributed by atoms with Crippen molar-refractivity contribution in [2.45, 2.75) is 4.90 Å². The molecule has 0 N–H and O–H groups in total. The minimum Gasteiger partial charge on any atom is -0.497 e. The minimum atomic E-state index is -3.73. The van der Waals surface area contributed by atoms with Crippen molar-refractivity contribution in [3.8, 4) is 5.75 Å². The quantitative estimate of drug-likeness (QED) is 0.510. The highest BCUT2D eigenvalue weighted by Gasteiger charge is 2.24. The largest absolute Gasteiger partial charge is 0.497 e. The fourth-order valence-electron chi connectivity index (χ4n) is 3.86. The molecule has 1 amide bonds. The van der Waals surface area contributed by atoms with E-state index < -0.39 is 10.0 Å². The molecule has 34 heavy (non-hydrogen) atoms. The number of hydrogen-bond acceptors (Lipinski definition) is 5. The topological polar surface area (TPSA) is 70.2 Å². The maximum atomic E-state index is 13.0. The Kier molecular flexibility index (Phi) is 7.00. The van der Waals surface area contributed by atoms with Crippen molar-refractivity contribution < 1.29 is 17.9 Å². The summed E-state index contributed by atoms with van der Waals surface area (Å²) in [5.41, 5.74) is 2.09. The highest BCUT2D eigenvalue weighted by molar-refractivity contribution is 7.92. The second-order valence-electron chi connectivity index (χ2n) is 7.95. The summed E-state index contributed by atoms with van der Waals surface area (Å²) in [5, 5.41) is 0.467. The summed E-state index contributed by atoms with van der Waals surface area (Å²) in [7, 11) is -0.607. The summed E-state index contributed by atoms with van der Waals surface area (Å²) in [5.74, 6) is 0.747. The van der Waals surface area contributed by atoms with Crippen LogP contribution in [0.2, 0.25) is 5.02 Å². The van der Waals surface area contributed by atoms with E-state index in [0.717, 1.165) is 24.5 Å². The molecule has 1 aliphatic heterocycles. The third-order valence-corrected chi connectivity index (χ3v) is 8.01. The molecule has 3 aromatic carbocycles. The number of nitrogens with zero attached hydrogens (tertiary/aromatic N) is 3. The molecular weight excluding hydrogens is 474 g/mol. The molecule has 9 heteroatoms. The normalized spacial score (nSPS) is 14.1. The van der Waals surface area contributed by atoms with Crippen LogP contribution in [-0.2, 0) is 10.0 Å². The number of benzene rings is 3. The van der Waals surface area contributed by atoms with E-state index in [-0.39, 0.29) is 10.8 Å². The highest BCUT2D eigenvalue weighted by Crippen LogP contribution is 2.25. The van der Waals surface area contributed by atoms with Gasteiger partial charge in [-0.25, -0.2) is 8.42 Å². The predicted molar refractivity (Wildman–Crippen MR) is 135 cm³/mol. The molecule has 0 aromatic heterocycles. The second kappa shape index (κ2) is 9.95. The lowest BCUT2D eigenvalue weighted by atomic mass is 10.1. The zero-order chi connectivity index (χ0) is 24.3. The number of ether oxygens (including phenoxy) is 1. The van der Waals surface area contributed by atoms with E-state index in [1.165, 1.54) is 23.5 Å². The second-order valence-corrected chi connectivity index (χ2v) is 10.4. The van der Waals surface area contributed by atoms with Crippen LogP contribution in [0.25, 0.3) is 0 Å². The van der Waals surface area contributed by atoms with Crippen molar-refractivity contribution in [3.63, 3.8) is 0 Å². The maximum absolute atomic E-state index is 13.0. The Morgan fingerprint density at radius 1 is 0.882 bits per heavy atom. The van der Waals surface area contributed by atoms with Gasteiger partial charge in [-0.1, -0.05) is 11.6 Å². The van der Waals surface area contributed by atoms with Crippen molar-refractivity contribution in [1.29, 1.82) is 0 Å². The number of hydrogen-bond donors (Lipinski definition) is 0. The van der Waals surface area contributed by atoms with Crippen LogP contribution in [0.5, 0.6) is 5.75 Å². The molecule has 1 aliphatic rings. The molecule has 0 spiro atoms. The zero-order valence-electron chi connectivity index (χ0n) is 19.0. The SMILES string of the molecule is COc1ccc(N2CCN(C(=O)c3ccc(N(C)S(=O)(=O)c4ccc(Cl)cc4)cc3)CC2)cc1. The highest BCUT2D eigenvalue weighted by atomic mass is 35.5. The van der Waals surface area contributed by atoms with E-state index in [4.69, 9.17) is 16.3 Å². The van der Waals surface area contributed by atoms with Crippen molar-refractivity contribution in [2.24, 2.45) is 0 Å². The monoisotopic (exact) mass is 499 g/mol. The smallest absolute Gasteiger partial charge is 0.264 e. The number of methoxy groups -OCH3 is 1. The molecule has 7 nitrogen and oxygen atoms in total. The fourth-order valence-corrected chi connectivity index (χ4v) is 5.18. The van der Waals surface area contributed by atoms with Crippen LogP contribution in [0.1, 0.15) is 10.4 Å². The molecule has 1 heterocycles. The summed E-state index contributed by atoms with van der Waals surface area (Å²) in [6, 6.07) is 20.5. The van der Waals surface area contributed by atoms with Gasteiger partial charge in [-0.15, -0.1) is 0 Å². The number of carbonyl (C=O) groups is 1. The average molecular weight is 500 g/mol. The lowest BCUT2D eigenvalue weighted by molar-refractivity contribution is 0.0747. The number of carbonyl (C=O) groups excluding carboxylic acids is 1. The summed E-state index contributed by atoms with van der Waals surface area (Å²) in [4.78, 5) is 17.2. The molecule has 0 radical (unpaired) electrons. The standard InChI is InChI=1S/C25H26ClN3O4S/c1-27(34(31,32)24-13-5-20(26)6-14-24)21-7-3-19(4-8-21)25(30)29-17-15-28(16-18-29)22-9-11-23(33-2)12-10-22/h3-14H,15-18H2,1-2H3. The number of sulfonamides is 1. The van der Waals surface area contributed by atoms with Crippen LogP contribution < -0.4 is 13.9 Å². The van der Waals surface area contributed by atoms with Gasteiger partial charge in [0.15, 0.2) is 0 Å². The van der Waals surface area contributed by atoms with Crippen LogP contribution >= 0.6 is 11.6 Å². The molecule has 0 bridgehead atoms. The predicted octanol–water partition coefficient (Wildman–Crippen LogP) is 4.14. The van der Waals surface area contributed by atoms with Gasteiger partial charge in [-0.2, -0.15) is 0 Å². The van der Waals surface area contributed by atoms with E-state index in [9.17, 15) is 13.2 Å². The Hall–Kier alpha value is -3.23. The Morgan fingerprint density at radius 3 is 2.03 bits per heavy atom. The third kappa shape index (κ3) is 4.98. The summed E-state index contributed by atoms with van der Waals surface area (Å²) >= 11 is 5.87.